The first kappa shape index (κ1) is 17.8. The number of rotatable bonds is 7. The van der Waals surface area contributed by atoms with Gasteiger partial charge in [0.15, 0.2) is 0 Å². The molecular formula is C19H31NO. The van der Waals surface area contributed by atoms with Gasteiger partial charge in [-0.15, -0.1) is 0 Å². The van der Waals surface area contributed by atoms with Gasteiger partial charge >= 0.3 is 0 Å². The highest BCUT2D eigenvalue weighted by molar-refractivity contribution is 5.71. The summed E-state index contributed by atoms with van der Waals surface area (Å²) in [7, 11) is 0. The molecule has 1 aromatic carbocycles. The molecule has 1 rings (SSSR count). The summed E-state index contributed by atoms with van der Waals surface area (Å²) in [5, 5.41) is 12.5. The van der Waals surface area contributed by atoms with Crippen LogP contribution in [0.25, 0.3) is 5.57 Å². The Morgan fingerprint density at radius 3 is 2.38 bits per heavy atom. The molecule has 0 fully saturated rings. The second-order valence-electron chi connectivity index (χ2n) is 6.61. The summed E-state index contributed by atoms with van der Waals surface area (Å²) in [6, 6.07) is 4.53. The van der Waals surface area contributed by atoms with Gasteiger partial charge in [0, 0.05) is 18.8 Å². The largest absolute Gasteiger partial charge is 0.396 e. The van der Waals surface area contributed by atoms with E-state index in [0.717, 1.165) is 25.8 Å². The van der Waals surface area contributed by atoms with Crippen molar-refractivity contribution in [2.75, 3.05) is 18.5 Å². The molecule has 0 amide bonds. The lowest BCUT2D eigenvalue weighted by atomic mass is 9.80. The van der Waals surface area contributed by atoms with E-state index in [0.29, 0.717) is 0 Å². The van der Waals surface area contributed by atoms with Crippen molar-refractivity contribution in [3.63, 3.8) is 0 Å². The topological polar surface area (TPSA) is 32.3 Å². The zero-order valence-electron chi connectivity index (χ0n) is 14.3. The quantitative estimate of drug-likeness (QED) is 0.709. The summed E-state index contributed by atoms with van der Waals surface area (Å²) in [6.45, 7) is 16.3. The standard InChI is InChI=1S/C19H31NO/c1-7-14(3)15-12-17(19(4,5)6)16(8-2)18(13-15)20-10-9-11-21/h12-13,20-21H,3,7-11H2,1-2,4-6H3. The maximum absolute atomic E-state index is 8.98. The van der Waals surface area contributed by atoms with Crippen LogP contribution in [0.15, 0.2) is 18.7 Å². The SMILES string of the molecule is C=C(CC)c1cc(NCCCO)c(CC)c(C(C)(C)C)c1. The van der Waals surface area contributed by atoms with Gasteiger partial charge in [-0.25, -0.2) is 0 Å². The van der Waals surface area contributed by atoms with E-state index in [1.165, 1.54) is 28.0 Å². The van der Waals surface area contributed by atoms with Gasteiger partial charge in [0.05, 0.1) is 0 Å². The van der Waals surface area contributed by atoms with Gasteiger partial charge in [0.2, 0.25) is 0 Å². The van der Waals surface area contributed by atoms with Crippen LogP contribution in [0, 0.1) is 0 Å². The van der Waals surface area contributed by atoms with Crippen LogP contribution in [-0.4, -0.2) is 18.3 Å². The molecule has 0 heterocycles. The molecule has 0 unspecified atom stereocenters. The number of benzene rings is 1. The second kappa shape index (κ2) is 7.65. The molecule has 0 saturated heterocycles. The van der Waals surface area contributed by atoms with Gasteiger partial charge in [-0.1, -0.05) is 47.3 Å². The van der Waals surface area contributed by atoms with Gasteiger partial charge in [-0.3, -0.25) is 0 Å². The first-order valence-corrected chi connectivity index (χ1v) is 8.05. The van der Waals surface area contributed by atoms with Crippen molar-refractivity contribution in [1.82, 2.24) is 0 Å². The number of aliphatic hydroxyl groups is 1. The summed E-state index contributed by atoms with van der Waals surface area (Å²) >= 11 is 0. The van der Waals surface area contributed by atoms with Crippen LogP contribution < -0.4 is 5.32 Å². The molecule has 0 radical (unpaired) electrons. The number of allylic oxidation sites excluding steroid dienone is 1. The minimum absolute atomic E-state index is 0.114. The number of nitrogens with one attached hydrogen (secondary N) is 1. The van der Waals surface area contributed by atoms with Crippen molar-refractivity contribution < 1.29 is 5.11 Å². The number of hydrogen-bond acceptors (Lipinski definition) is 2. The van der Waals surface area contributed by atoms with Crippen LogP contribution in [-0.2, 0) is 11.8 Å². The molecule has 118 valence electrons. The van der Waals surface area contributed by atoms with Crippen molar-refractivity contribution in [2.24, 2.45) is 0 Å². The van der Waals surface area contributed by atoms with E-state index in [-0.39, 0.29) is 12.0 Å². The predicted molar refractivity (Wildman–Crippen MR) is 94.0 cm³/mol. The fourth-order valence-corrected chi connectivity index (χ4v) is 2.59. The molecule has 0 aromatic heterocycles. The molecule has 2 nitrogen and oxygen atoms in total. The highest BCUT2D eigenvalue weighted by atomic mass is 16.3. The summed E-state index contributed by atoms with van der Waals surface area (Å²) < 4.78 is 0. The van der Waals surface area contributed by atoms with E-state index in [2.05, 4.69) is 58.6 Å². The van der Waals surface area contributed by atoms with Gasteiger partial charge in [0.25, 0.3) is 0 Å². The molecule has 2 heteroatoms. The number of hydrogen-bond donors (Lipinski definition) is 2. The maximum atomic E-state index is 8.98. The van der Waals surface area contributed by atoms with Crippen LogP contribution in [0.4, 0.5) is 5.69 Å². The minimum Gasteiger partial charge on any atom is -0.396 e. The Labute approximate surface area is 130 Å². The predicted octanol–water partition coefficient (Wildman–Crippen LogP) is 4.76. The van der Waals surface area contributed by atoms with Crippen molar-refractivity contribution in [3.05, 3.63) is 35.4 Å². The van der Waals surface area contributed by atoms with Crippen molar-refractivity contribution in [2.45, 2.75) is 59.3 Å². The molecule has 21 heavy (non-hydrogen) atoms. The lowest BCUT2D eigenvalue weighted by Crippen LogP contribution is -2.17. The van der Waals surface area contributed by atoms with Gasteiger partial charge < -0.3 is 10.4 Å². The van der Waals surface area contributed by atoms with E-state index in [1.807, 2.05) is 0 Å². The fourth-order valence-electron chi connectivity index (χ4n) is 2.59. The Morgan fingerprint density at radius 1 is 1.24 bits per heavy atom. The van der Waals surface area contributed by atoms with Crippen molar-refractivity contribution >= 4 is 11.3 Å². The van der Waals surface area contributed by atoms with E-state index < -0.39 is 0 Å². The van der Waals surface area contributed by atoms with Gasteiger partial charge in [-0.2, -0.15) is 0 Å². The van der Waals surface area contributed by atoms with Crippen LogP contribution in [0.5, 0.6) is 0 Å². The van der Waals surface area contributed by atoms with Crippen molar-refractivity contribution in [3.8, 4) is 0 Å². The smallest absolute Gasteiger partial charge is 0.0447 e. The zero-order valence-corrected chi connectivity index (χ0v) is 14.3. The molecule has 0 bridgehead atoms. The summed E-state index contributed by atoms with van der Waals surface area (Å²) in [4.78, 5) is 0. The Bertz CT molecular complexity index is 483. The van der Waals surface area contributed by atoms with E-state index in [4.69, 9.17) is 5.11 Å². The molecule has 0 atom stereocenters. The summed E-state index contributed by atoms with van der Waals surface area (Å²) in [5.74, 6) is 0. The Balaban J connectivity index is 3.34. The Morgan fingerprint density at radius 2 is 1.90 bits per heavy atom. The van der Waals surface area contributed by atoms with E-state index in [1.54, 1.807) is 0 Å². The Hall–Kier alpha value is -1.28. The van der Waals surface area contributed by atoms with Crippen LogP contribution in [0.3, 0.4) is 0 Å². The monoisotopic (exact) mass is 289 g/mol. The lowest BCUT2D eigenvalue weighted by molar-refractivity contribution is 0.292. The second-order valence-corrected chi connectivity index (χ2v) is 6.61. The van der Waals surface area contributed by atoms with E-state index in [9.17, 15) is 0 Å². The molecule has 1 aromatic rings. The normalized spacial score (nSPS) is 11.5. The minimum atomic E-state index is 0.114. The highest BCUT2D eigenvalue weighted by Gasteiger charge is 2.21. The lowest BCUT2D eigenvalue weighted by Gasteiger charge is -2.27. The zero-order chi connectivity index (χ0) is 16.0. The summed E-state index contributed by atoms with van der Waals surface area (Å²) in [5.41, 5.74) is 6.49. The Kier molecular flexibility index (Phi) is 6.47. The average Bonchev–Trinajstić information content (AvgIpc) is 2.44. The average molecular weight is 289 g/mol. The van der Waals surface area contributed by atoms with Crippen LogP contribution in [0.2, 0.25) is 0 Å². The molecule has 0 aliphatic heterocycles. The first-order chi connectivity index (χ1) is 9.85. The van der Waals surface area contributed by atoms with Crippen LogP contribution in [0.1, 0.15) is 64.2 Å². The van der Waals surface area contributed by atoms with Gasteiger partial charge in [0.1, 0.15) is 0 Å². The highest BCUT2D eigenvalue weighted by Crippen LogP contribution is 2.34. The molecule has 0 saturated carbocycles. The number of anilines is 1. The molecule has 0 aliphatic carbocycles. The first-order valence-electron chi connectivity index (χ1n) is 8.05. The fraction of sp³-hybridized carbons (Fsp3) is 0.579. The maximum Gasteiger partial charge on any atom is 0.0447 e. The third kappa shape index (κ3) is 4.60. The van der Waals surface area contributed by atoms with E-state index >= 15 is 0 Å². The summed E-state index contributed by atoms with van der Waals surface area (Å²) in [6.07, 6.45) is 2.74. The molecule has 0 aliphatic rings. The van der Waals surface area contributed by atoms with Crippen molar-refractivity contribution in [1.29, 1.82) is 0 Å². The number of aliphatic hydroxyl groups excluding tert-OH is 1. The van der Waals surface area contributed by atoms with Gasteiger partial charge in [-0.05, 0) is 53.0 Å². The van der Waals surface area contributed by atoms with Crippen LogP contribution >= 0.6 is 0 Å². The third-order valence-corrected chi connectivity index (χ3v) is 3.90. The third-order valence-electron chi connectivity index (χ3n) is 3.90. The molecular weight excluding hydrogens is 258 g/mol. The molecule has 0 spiro atoms. The molecule has 2 N–H and O–H groups in total.